The average Bonchev–Trinajstić information content (AvgIpc) is 2.49. The van der Waals surface area contributed by atoms with Crippen molar-refractivity contribution in [2.75, 3.05) is 51.8 Å². The molecule has 5 heteroatoms. The fourth-order valence-corrected chi connectivity index (χ4v) is 2.96. The summed E-state index contributed by atoms with van der Waals surface area (Å²) >= 11 is 0. The Kier molecular flexibility index (Phi) is 5.80. The molecule has 1 saturated heterocycles. The fraction of sp³-hybridized carbons (Fsp3) is 0.588. The number of carbonyl (C=O) groups excluding carboxylic acids is 1. The number of carbonyl (C=O) groups is 1. The van der Waals surface area contributed by atoms with E-state index in [-0.39, 0.29) is 6.03 Å². The Bertz CT molecular complexity index is 500. The molecule has 1 aromatic carbocycles. The second-order valence-electron chi connectivity index (χ2n) is 6.03. The van der Waals surface area contributed by atoms with Crippen LogP contribution in [0.5, 0.6) is 0 Å². The molecule has 0 unspecified atom stereocenters. The maximum Gasteiger partial charge on any atom is 0.321 e. The van der Waals surface area contributed by atoms with Gasteiger partial charge in [-0.25, -0.2) is 4.79 Å². The first-order valence-corrected chi connectivity index (χ1v) is 7.86. The van der Waals surface area contributed by atoms with Crippen LogP contribution in [0.3, 0.4) is 0 Å². The van der Waals surface area contributed by atoms with Gasteiger partial charge in [0.15, 0.2) is 0 Å². The molecule has 5 nitrogen and oxygen atoms in total. The number of urea groups is 1. The van der Waals surface area contributed by atoms with Crippen molar-refractivity contribution in [1.82, 2.24) is 9.80 Å². The minimum Gasteiger partial charge on any atom is -0.383 e. The van der Waals surface area contributed by atoms with Crippen LogP contribution < -0.4 is 5.32 Å². The Hall–Kier alpha value is -1.59. The van der Waals surface area contributed by atoms with Gasteiger partial charge < -0.3 is 15.0 Å². The summed E-state index contributed by atoms with van der Waals surface area (Å²) in [6.45, 7) is 11.2. The van der Waals surface area contributed by atoms with Crippen LogP contribution in [0.2, 0.25) is 0 Å². The topological polar surface area (TPSA) is 44.8 Å². The number of amides is 2. The van der Waals surface area contributed by atoms with Crippen LogP contribution in [-0.4, -0.2) is 62.3 Å². The van der Waals surface area contributed by atoms with Crippen molar-refractivity contribution >= 4 is 11.7 Å². The van der Waals surface area contributed by atoms with E-state index in [0.717, 1.165) is 56.1 Å². The number of benzene rings is 1. The Labute approximate surface area is 133 Å². The van der Waals surface area contributed by atoms with Crippen LogP contribution in [0, 0.1) is 20.8 Å². The molecule has 0 spiro atoms. The number of hydrogen-bond donors (Lipinski definition) is 1. The molecule has 122 valence electrons. The van der Waals surface area contributed by atoms with Crippen molar-refractivity contribution in [3.05, 3.63) is 28.8 Å². The maximum atomic E-state index is 12.4. The predicted octanol–water partition coefficient (Wildman–Crippen LogP) is 2.41. The molecule has 0 bridgehead atoms. The molecule has 22 heavy (non-hydrogen) atoms. The zero-order chi connectivity index (χ0) is 16.1. The minimum absolute atomic E-state index is 0.00134. The Morgan fingerprint density at radius 1 is 1.14 bits per heavy atom. The zero-order valence-corrected chi connectivity index (χ0v) is 14.1. The SMILES string of the molecule is COCCN1CCN(C(=O)Nc2c(C)cc(C)cc2C)CC1. The molecular weight excluding hydrogens is 278 g/mol. The highest BCUT2D eigenvalue weighted by Gasteiger charge is 2.21. The quantitative estimate of drug-likeness (QED) is 0.929. The van der Waals surface area contributed by atoms with Gasteiger partial charge >= 0.3 is 6.03 Å². The lowest BCUT2D eigenvalue weighted by Gasteiger charge is -2.34. The van der Waals surface area contributed by atoms with Gasteiger partial charge in [-0.15, -0.1) is 0 Å². The second-order valence-corrected chi connectivity index (χ2v) is 6.03. The summed E-state index contributed by atoms with van der Waals surface area (Å²) in [5, 5.41) is 3.08. The molecule has 0 aromatic heterocycles. The normalized spacial score (nSPS) is 15.9. The van der Waals surface area contributed by atoms with E-state index in [0.29, 0.717) is 0 Å². The van der Waals surface area contributed by atoms with Crippen molar-refractivity contribution < 1.29 is 9.53 Å². The highest BCUT2D eigenvalue weighted by molar-refractivity contribution is 5.91. The van der Waals surface area contributed by atoms with Crippen molar-refractivity contribution in [2.24, 2.45) is 0 Å². The molecule has 1 aliphatic heterocycles. The summed E-state index contributed by atoms with van der Waals surface area (Å²) in [5.74, 6) is 0. The number of methoxy groups -OCH3 is 1. The van der Waals surface area contributed by atoms with Crippen molar-refractivity contribution in [3.8, 4) is 0 Å². The first-order valence-electron chi connectivity index (χ1n) is 7.86. The third kappa shape index (κ3) is 4.21. The lowest BCUT2D eigenvalue weighted by Crippen LogP contribution is -2.50. The number of piperazine rings is 1. The fourth-order valence-electron chi connectivity index (χ4n) is 2.96. The molecule has 1 heterocycles. The van der Waals surface area contributed by atoms with E-state index in [4.69, 9.17) is 4.74 Å². The molecule has 1 aromatic rings. The van der Waals surface area contributed by atoms with Gasteiger partial charge in [0.1, 0.15) is 0 Å². The number of nitrogens with zero attached hydrogens (tertiary/aromatic N) is 2. The van der Waals surface area contributed by atoms with Gasteiger partial charge in [0.25, 0.3) is 0 Å². The standard InChI is InChI=1S/C17H27N3O2/c1-13-11-14(2)16(15(3)12-13)18-17(21)20-7-5-19(6-8-20)9-10-22-4/h11-12H,5-10H2,1-4H3,(H,18,21). The second kappa shape index (κ2) is 7.61. The number of hydrogen-bond acceptors (Lipinski definition) is 3. The maximum absolute atomic E-state index is 12.4. The number of nitrogens with one attached hydrogen (secondary N) is 1. The smallest absolute Gasteiger partial charge is 0.321 e. The predicted molar refractivity (Wildman–Crippen MR) is 89.6 cm³/mol. The molecular formula is C17H27N3O2. The lowest BCUT2D eigenvalue weighted by molar-refractivity contribution is 0.109. The van der Waals surface area contributed by atoms with Crippen LogP contribution in [0.25, 0.3) is 0 Å². The van der Waals surface area contributed by atoms with E-state index in [1.807, 2.05) is 18.7 Å². The lowest BCUT2D eigenvalue weighted by atomic mass is 10.1. The highest BCUT2D eigenvalue weighted by atomic mass is 16.5. The van der Waals surface area contributed by atoms with E-state index in [9.17, 15) is 4.79 Å². The Morgan fingerprint density at radius 3 is 2.27 bits per heavy atom. The molecule has 1 fully saturated rings. The first kappa shape index (κ1) is 16.8. The van der Waals surface area contributed by atoms with Crippen molar-refractivity contribution in [3.63, 3.8) is 0 Å². The third-order valence-electron chi connectivity index (χ3n) is 4.18. The Balaban J connectivity index is 1.91. The highest BCUT2D eigenvalue weighted by Crippen LogP contribution is 2.22. The molecule has 0 atom stereocenters. The van der Waals surface area contributed by atoms with Crippen molar-refractivity contribution in [2.45, 2.75) is 20.8 Å². The molecule has 0 saturated carbocycles. The van der Waals surface area contributed by atoms with Crippen molar-refractivity contribution in [1.29, 1.82) is 0 Å². The molecule has 2 amide bonds. The van der Waals surface area contributed by atoms with Crippen LogP contribution >= 0.6 is 0 Å². The number of aryl methyl sites for hydroxylation is 3. The monoisotopic (exact) mass is 305 g/mol. The summed E-state index contributed by atoms with van der Waals surface area (Å²) in [5.41, 5.74) is 4.39. The molecule has 2 rings (SSSR count). The number of anilines is 1. The van der Waals surface area contributed by atoms with Gasteiger partial charge in [0.2, 0.25) is 0 Å². The Morgan fingerprint density at radius 2 is 1.73 bits per heavy atom. The summed E-state index contributed by atoms with van der Waals surface area (Å²) < 4.78 is 5.10. The molecule has 1 aliphatic rings. The van der Waals surface area contributed by atoms with Gasteiger partial charge in [0, 0.05) is 45.5 Å². The summed E-state index contributed by atoms with van der Waals surface area (Å²) in [6, 6.07) is 4.21. The van der Waals surface area contributed by atoms with Crippen LogP contribution in [0.15, 0.2) is 12.1 Å². The van der Waals surface area contributed by atoms with E-state index < -0.39 is 0 Å². The first-order chi connectivity index (χ1) is 10.5. The minimum atomic E-state index is 0.00134. The summed E-state index contributed by atoms with van der Waals surface area (Å²) in [6.07, 6.45) is 0. The molecule has 0 radical (unpaired) electrons. The summed E-state index contributed by atoms with van der Waals surface area (Å²) in [4.78, 5) is 16.7. The average molecular weight is 305 g/mol. The van der Waals surface area contributed by atoms with Crippen LogP contribution in [0.1, 0.15) is 16.7 Å². The van der Waals surface area contributed by atoms with Gasteiger partial charge in [-0.3, -0.25) is 4.90 Å². The third-order valence-corrected chi connectivity index (χ3v) is 4.18. The van der Waals surface area contributed by atoms with E-state index in [1.54, 1.807) is 7.11 Å². The van der Waals surface area contributed by atoms with Gasteiger partial charge in [-0.2, -0.15) is 0 Å². The van der Waals surface area contributed by atoms with E-state index in [2.05, 4.69) is 29.3 Å². The van der Waals surface area contributed by atoms with Crippen LogP contribution in [0.4, 0.5) is 10.5 Å². The van der Waals surface area contributed by atoms with E-state index in [1.165, 1.54) is 5.56 Å². The summed E-state index contributed by atoms with van der Waals surface area (Å²) in [7, 11) is 1.72. The molecule has 1 N–H and O–H groups in total. The van der Waals surface area contributed by atoms with E-state index >= 15 is 0 Å². The largest absolute Gasteiger partial charge is 0.383 e. The number of ether oxygens (including phenoxy) is 1. The van der Waals surface area contributed by atoms with Crippen LogP contribution in [-0.2, 0) is 4.74 Å². The number of rotatable bonds is 4. The molecule has 0 aliphatic carbocycles. The van der Waals surface area contributed by atoms with Gasteiger partial charge in [-0.1, -0.05) is 17.7 Å². The van der Waals surface area contributed by atoms with Gasteiger partial charge in [0.05, 0.1) is 6.61 Å². The van der Waals surface area contributed by atoms with Gasteiger partial charge in [-0.05, 0) is 31.9 Å². The zero-order valence-electron chi connectivity index (χ0n) is 14.1.